The van der Waals surface area contributed by atoms with Crippen molar-refractivity contribution in [3.8, 4) is 0 Å². The first-order chi connectivity index (χ1) is 10.5. The molecule has 1 rings (SSSR count). The highest BCUT2D eigenvalue weighted by molar-refractivity contribution is 5.79. The van der Waals surface area contributed by atoms with Crippen molar-refractivity contribution in [2.45, 2.75) is 33.4 Å². The van der Waals surface area contributed by atoms with E-state index in [0.717, 1.165) is 31.2 Å². The SMILES string of the molecule is CCN(CCNC(=NC)N(C)Cc1cccc(F)c1)C(C)C. The van der Waals surface area contributed by atoms with Crippen LogP contribution >= 0.6 is 0 Å². The van der Waals surface area contributed by atoms with Gasteiger partial charge in [-0.25, -0.2) is 4.39 Å². The normalized spacial score (nSPS) is 12.1. The van der Waals surface area contributed by atoms with E-state index in [4.69, 9.17) is 0 Å². The second-order valence-corrected chi connectivity index (χ2v) is 5.68. The van der Waals surface area contributed by atoms with E-state index >= 15 is 0 Å². The van der Waals surface area contributed by atoms with Crippen molar-refractivity contribution in [2.24, 2.45) is 4.99 Å². The number of benzene rings is 1. The van der Waals surface area contributed by atoms with Gasteiger partial charge in [-0.05, 0) is 38.1 Å². The number of aliphatic imine (C=N–C) groups is 1. The van der Waals surface area contributed by atoms with E-state index in [1.807, 2.05) is 18.0 Å². The third-order valence-corrected chi connectivity index (χ3v) is 3.70. The average molecular weight is 308 g/mol. The number of hydrogen-bond donors (Lipinski definition) is 1. The Morgan fingerprint density at radius 1 is 1.36 bits per heavy atom. The minimum Gasteiger partial charge on any atom is -0.355 e. The van der Waals surface area contributed by atoms with Crippen LogP contribution in [0.15, 0.2) is 29.3 Å². The van der Waals surface area contributed by atoms with Gasteiger partial charge in [0.1, 0.15) is 5.82 Å². The smallest absolute Gasteiger partial charge is 0.193 e. The molecule has 1 aromatic rings. The molecule has 0 atom stereocenters. The van der Waals surface area contributed by atoms with Gasteiger partial charge in [-0.3, -0.25) is 9.89 Å². The van der Waals surface area contributed by atoms with Gasteiger partial charge in [0.15, 0.2) is 5.96 Å². The molecule has 1 aromatic carbocycles. The highest BCUT2D eigenvalue weighted by Gasteiger charge is 2.09. The number of rotatable bonds is 7. The molecule has 0 saturated carbocycles. The van der Waals surface area contributed by atoms with Gasteiger partial charge in [0, 0.05) is 39.8 Å². The number of halogens is 1. The molecule has 0 aliphatic rings. The van der Waals surface area contributed by atoms with Crippen molar-refractivity contribution < 1.29 is 4.39 Å². The second kappa shape index (κ2) is 9.41. The van der Waals surface area contributed by atoms with Crippen molar-refractivity contribution in [3.63, 3.8) is 0 Å². The maximum absolute atomic E-state index is 13.2. The van der Waals surface area contributed by atoms with E-state index in [9.17, 15) is 4.39 Å². The lowest BCUT2D eigenvalue weighted by Crippen LogP contribution is -2.43. The molecule has 0 fully saturated rings. The van der Waals surface area contributed by atoms with Crippen LogP contribution in [0.1, 0.15) is 26.3 Å². The standard InChI is InChI=1S/C17H29FN4/c1-6-22(14(2)3)11-10-20-17(19-4)21(5)13-15-8-7-9-16(18)12-15/h7-9,12,14H,6,10-11,13H2,1-5H3,(H,19,20). The Hall–Kier alpha value is -1.62. The molecule has 0 amide bonds. The number of hydrogen-bond acceptors (Lipinski definition) is 2. The van der Waals surface area contributed by atoms with E-state index in [-0.39, 0.29) is 5.82 Å². The first-order valence-corrected chi connectivity index (χ1v) is 7.88. The number of guanidine groups is 1. The minimum absolute atomic E-state index is 0.204. The summed E-state index contributed by atoms with van der Waals surface area (Å²) >= 11 is 0. The van der Waals surface area contributed by atoms with Gasteiger partial charge in [0.2, 0.25) is 0 Å². The fourth-order valence-corrected chi connectivity index (χ4v) is 2.46. The lowest BCUT2D eigenvalue weighted by Gasteiger charge is -2.27. The fourth-order valence-electron chi connectivity index (χ4n) is 2.46. The summed E-state index contributed by atoms with van der Waals surface area (Å²) in [6.45, 7) is 10.1. The molecular weight excluding hydrogens is 279 g/mol. The second-order valence-electron chi connectivity index (χ2n) is 5.68. The number of nitrogens with one attached hydrogen (secondary N) is 1. The molecule has 0 bridgehead atoms. The molecule has 0 aromatic heterocycles. The van der Waals surface area contributed by atoms with Crippen LogP contribution in [0, 0.1) is 5.82 Å². The summed E-state index contributed by atoms with van der Waals surface area (Å²) in [5, 5.41) is 3.36. The maximum Gasteiger partial charge on any atom is 0.193 e. The molecule has 0 spiro atoms. The van der Waals surface area contributed by atoms with E-state index in [2.05, 4.69) is 36.0 Å². The van der Waals surface area contributed by atoms with Crippen LogP contribution in [0.25, 0.3) is 0 Å². The summed E-state index contributed by atoms with van der Waals surface area (Å²) in [7, 11) is 3.73. The first kappa shape index (κ1) is 18.4. The van der Waals surface area contributed by atoms with Crippen LogP contribution in [0.3, 0.4) is 0 Å². The Morgan fingerprint density at radius 3 is 2.64 bits per heavy atom. The van der Waals surface area contributed by atoms with Gasteiger partial charge in [-0.2, -0.15) is 0 Å². The van der Waals surface area contributed by atoms with Crippen molar-refractivity contribution >= 4 is 5.96 Å². The third-order valence-electron chi connectivity index (χ3n) is 3.70. The van der Waals surface area contributed by atoms with Crippen LogP contribution in [0.5, 0.6) is 0 Å². The molecule has 1 N–H and O–H groups in total. The summed E-state index contributed by atoms with van der Waals surface area (Å²) < 4.78 is 13.2. The Kier molecular flexibility index (Phi) is 7.88. The largest absolute Gasteiger partial charge is 0.355 e. The first-order valence-electron chi connectivity index (χ1n) is 7.88. The topological polar surface area (TPSA) is 30.9 Å². The Balaban J connectivity index is 2.50. The Morgan fingerprint density at radius 2 is 2.09 bits per heavy atom. The maximum atomic E-state index is 13.2. The quantitative estimate of drug-likeness (QED) is 0.620. The highest BCUT2D eigenvalue weighted by atomic mass is 19.1. The highest BCUT2D eigenvalue weighted by Crippen LogP contribution is 2.06. The summed E-state index contributed by atoms with van der Waals surface area (Å²) in [5.41, 5.74) is 0.933. The number of nitrogens with zero attached hydrogens (tertiary/aromatic N) is 3. The zero-order valence-electron chi connectivity index (χ0n) is 14.4. The van der Waals surface area contributed by atoms with Crippen molar-refractivity contribution in [2.75, 3.05) is 33.7 Å². The lowest BCUT2D eigenvalue weighted by molar-refractivity contribution is 0.236. The Bertz CT molecular complexity index is 473. The van der Waals surface area contributed by atoms with Gasteiger partial charge in [-0.1, -0.05) is 19.1 Å². The summed E-state index contributed by atoms with van der Waals surface area (Å²) in [6.07, 6.45) is 0. The zero-order valence-corrected chi connectivity index (χ0v) is 14.4. The van der Waals surface area contributed by atoms with Gasteiger partial charge >= 0.3 is 0 Å². The van der Waals surface area contributed by atoms with E-state index in [1.165, 1.54) is 6.07 Å². The molecule has 0 saturated heterocycles. The summed E-state index contributed by atoms with van der Waals surface area (Å²) in [5.74, 6) is 0.619. The monoisotopic (exact) mass is 308 g/mol. The molecule has 0 heterocycles. The van der Waals surface area contributed by atoms with Gasteiger partial charge < -0.3 is 10.2 Å². The number of likely N-dealkylation sites (N-methyl/N-ethyl adjacent to an activating group) is 1. The van der Waals surface area contributed by atoms with E-state index < -0.39 is 0 Å². The summed E-state index contributed by atoms with van der Waals surface area (Å²) in [4.78, 5) is 8.69. The fraction of sp³-hybridized carbons (Fsp3) is 0.588. The van der Waals surface area contributed by atoms with Crippen molar-refractivity contribution in [1.29, 1.82) is 0 Å². The minimum atomic E-state index is -0.204. The van der Waals surface area contributed by atoms with E-state index in [0.29, 0.717) is 12.6 Å². The molecule has 22 heavy (non-hydrogen) atoms. The van der Waals surface area contributed by atoms with Crippen molar-refractivity contribution in [1.82, 2.24) is 15.1 Å². The molecule has 4 nitrogen and oxygen atoms in total. The predicted octanol–water partition coefficient (Wildman–Crippen LogP) is 2.56. The molecule has 0 radical (unpaired) electrons. The zero-order chi connectivity index (χ0) is 16.5. The van der Waals surface area contributed by atoms with Crippen LogP contribution in [0.4, 0.5) is 4.39 Å². The van der Waals surface area contributed by atoms with Gasteiger partial charge in [-0.15, -0.1) is 0 Å². The summed E-state index contributed by atoms with van der Waals surface area (Å²) in [6, 6.07) is 7.21. The lowest BCUT2D eigenvalue weighted by atomic mass is 10.2. The van der Waals surface area contributed by atoms with Crippen LogP contribution in [-0.4, -0.2) is 55.5 Å². The average Bonchev–Trinajstić information content (AvgIpc) is 2.47. The molecule has 0 unspecified atom stereocenters. The van der Waals surface area contributed by atoms with Crippen LogP contribution in [0.2, 0.25) is 0 Å². The van der Waals surface area contributed by atoms with Crippen LogP contribution in [-0.2, 0) is 6.54 Å². The third kappa shape index (κ3) is 6.02. The molecule has 0 aliphatic carbocycles. The van der Waals surface area contributed by atoms with Gasteiger partial charge in [0.05, 0.1) is 0 Å². The molecule has 5 heteroatoms. The van der Waals surface area contributed by atoms with Gasteiger partial charge in [0.25, 0.3) is 0 Å². The molecule has 0 aliphatic heterocycles. The Labute approximate surface area is 134 Å². The van der Waals surface area contributed by atoms with Crippen molar-refractivity contribution in [3.05, 3.63) is 35.6 Å². The van der Waals surface area contributed by atoms with Crippen LogP contribution < -0.4 is 5.32 Å². The molecule has 124 valence electrons. The molecular formula is C17H29FN4. The predicted molar refractivity (Wildman–Crippen MR) is 91.6 cm³/mol. The van der Waals surface area contributed by atoms with E-state index in [1.54, 1.807) is 19.2 Å².